The number of aromatic amines is 1. The molecule has 0 atom stereocenters. The summed E-state index contributed by atoms with van der Waals surface area (Å²) in [5, 5.41) is 14.3. The molecule has 0 radical (unpaired) electrons. The highest BCUT2D eigenvalue weighted by molar-refractivity contribution is 5.93. The number of aromatic nitrogens is 4. The van der Waals surface area contributed by atoms with Crippen molar-refractivity contribution in [2.75, 3.05) is 0 Å². The SMILES string of the molecule is O=c1[nH]c2cc([N+](=O)[O-])c(C(F)(F)F)cc2c2ncnn12. The van der Waals surface area contributed by atoms with Crippen molar-refractivity contribution in [2.24, 2.45) is 0 Å². The number of H-pyrrole nitrogens is 1. The zero-order valence-corrected chi connectivity index (χ0v) is 9.88. The first-order chi connectivity index (χ1) is 9.79. The fourth-order valence-electron chi connectivity index (χ4n) is 2.00. The van der Waals surface area contributed by atoms with Crippen molar-refractivity contribution in [3.8, 4) is 0 Å². The highest BCUT2D eigenvalue weighted by atomic mass is 19.4. The molecule has 3 aromatic rings. The van der Waals surface area contributed by atoms with Crippen molar-refractivity contribution >= 4 is 22.2 Å². The average Bonchev–Trinajstić information content (AvgIpc) is 2.86. The molecule has 0 aliphatic rings. The quantitative estimate of drug-likeness (QED) is 0.541. The third-order valence-electron chi connectivity index (χ3n) is 2.86. The number of hydrogen-bond acceptors (Lipinski definition) is 5. The van der Waals surface area contributed by atoms with Crippen molar-refractivity contribution < 1.29 is 18.1 Å². The van der Waals surface area contributed by atoms with Crippen molar-refractivity contribution in [2.45, 2.75) is 6.18 Å². The van der Waals surface area contributed by atoms with Gasteiger partial charge in [-0.2, -0.15) is 22.8 Å². The van der Waals surface area contributed by atoms with E-state index >= 15 is 0 Å². The molecule has 0 bridgehead atoms. The van der Waals surface area contributed by atoms with Crippen molar-refractivity contribution in [3.05, 3.63) is 44.6 Å². The van der Waals surface area contributed by atoms with E-state index in [9.17, 15) is 28.1 Å². The Morgan fingerprint density at radius 1 is 1.33 bits per heavy atom. The zero-order valence-electron chi connectivity index (χ0n) is 9.88. The molecule has 0 saturated heterocycles. The number of fused-ring (bicyclic) bond motifs is 3. The Morgan fingerprint density at radius 3 is 2.67 bits per heavy atom. The molecule has 1 aromatic carbocycles. The van der Waals surface area contributed by atoms with Gasteiger partial charge in [-0.25, -0.2) is 9.78 Å². The molecule has 3 rings (SSSR count). The van der Waals surface area contributed by atoms with Gasteiger partial charge in [0.15, 0.2) is 5.65 Å². The largest absolute Gasteiger partial charge is 0.423 e. The lowest BCUT2D eigenvalue weighted by molar-refractivity contribution is -0.387. The fraction of sp³-hybridized carbons (Fsp3) is 0.100. The van der Waals surface area contributed by atoms with Crippen LogP contribution in [0.2, 0.25) is 0 Å². The number of nitro groups is 1. The Kier molecular flexibility index (Phi) is 2.48. The number of nitro benzene ring substituents is 1. The second-order valence-electron chi connectivity index (χ2n) is 4.10. The van der Waals surface area contributed by atoms with Gasteiger partial charge in [0.25, 0.3) is 5.69 Å². The molecule has 8 nitrogen and oxygen atoms in total. The molecule has 0 aliphatic heterocycles. The maximum absolute atomic E-state index is 12.9. The Labute approximate surface area is 112 Å². The van der Waals surface area contributed by atoms with Crippen LogP contribution < -0.4 is 5.69 Å². The summed E-state index contributed by atoms with van der Waals surface area (Å²) in [6.07, 6.45) is -3.91. The smallest absolute Gasteiger partial charge is 0.305 e. The summed E-state index contributed by atoms with van der Waals surface area (Å²) in [7, 11) is 0. The third-order valence-corrected chi connectivity index (χ3v) is 2.86. The summed E-state index contributed by atoms with van der Waals surface area (Å²) < 4.78 is 39.5. The van der Waals surface area contributed by atoms with E-state index in [0.29, 0.717) is 12.1 Å². The van der Waals surface area contributed by atoms with Crippen LogP contribution >= 0.6 is 0 Å². The lowest BCUT2D eigenvalue weighted by atomic mass is 10.1. The lowest BCUT2D eigenvalue weighted by Gasteiger charge is -2.09. The van der Waals surface area contributed by atoms with Crippen molar-refractivity contribution in [3.63, 3.8) is 0 Å². The molecule has 0 fully saturated rings. The van der Waals surface area contributed by atoms with Crippen LogP contribution in [0.5, 0.6) is 0 Å². The monoisotopic (exact) mass is 299 g/mol. The zero-order chi connectivity index (χ0) is 15.4. The predicted octanol–water partition coefficient (Wildman–Crippen LogP) is 1.50. The highest BCUT2D eigenvalue weighted by Crippen LogP contribution is 2.38. The topological polar surface area (TPSA) is 106 Å². The Bertz CT molecular complexity index is 943. The second-order valence-corrected chi connectivity index (χ2v) is 4.10. The van der Waals surface area contributed by atoms with E-state index in [1.807, 2.05) is 0 Å². The summed E-state index contributed by atoms with van der Waals surface area (Å²) in [5.41, 5.74) is -3.56. The maximum atomic E-state index is 12.9. The lowest BCUT2D eigenvalue weighted by Crippen LogP contribution is -2.18. The predicted molar refractivity (Wildman–Crippen MR) is 62.8 cm³/mol. The van der Waals surface area contributed by atoms with Crippen molar-refractivity contribution in [1.82, 2.24) is 19.6 Å². The van der Waals surface area contributed by atoms with Crippen LogP contribution in [0, 0.1) is 10.1 Å². The third kappa shape index (κ3) is 1.89. The van der Waals surface area contributed by atoms with E-state index in [1.54, 1.807) is 0 Å². The van der Waals surface area contributed by atoms with E-state index in [0.717, 1.165) is 10.8 Å². The fourth-order valence-corrected chi connectivity index (χ4v) is 2.00. The van der Waals surface area contributed by atoms with Gasteiger partial charge < -0.3 is 4.98 Å². The number of rotatable bonds is 1. The molecule has 0 aliphatic carbocycles. The van der Waals surface area contributed by atoms with E-state index in [2.05, 4.69) is 15.1 Å². The molecule has 2 heterocycles. The van der Waals surface area contributed by atoms with E-state index in [1.165, 1.54) is 0 Å². The Balaban J connectivity index is 2.52. The van der Waals surface area contributed by atoms with Crippen LogP contribution in [0.1, 0.15) is 5.56 Å². The van der Waals surface area contributed by atoms with Gasteiger partial charge in [-0.3, -0.25) is 10.1 Å². The summed E-state index contributed by atoms with van der Waals surface area (Å²) in [5.74, 6) is 0. The second kappa shape index (κ2) is 4.01. The summed E-state index contributed by atoms with van der Waals surface area (Å²) in [4.78, 5) is 27.2. The molecule has 0 saturated carbocycles. The van der Waals surface area contributed by atoms with Crippen LogP contribution in [-0.2, 0) is 6.18 Å². The molecule has 21 heavy (non-hydrogen) atoms. The number of nitrogens with one attached hydrogen (secondary N) is 1. The van der Waals surface area contributed by atoms with Gasteiger partial charge >= 0.3 is 11.9 Å². The van der Waals surface area contributed by atoms with Crippen LogP contribution in [0.3, 0.4) is 0 Å². The minimum atomic E-state index is -4.91. The Hall–Kier alpha value is -2.98. The van der Waals surface area contributed by atoms with Gasteiger partial charge in [-0.15, -0.1) is 0 Å². The van der Waals surface area contributed by atoms with Gasteiger partial charge in [-0.05, 0) is 6.07 Å². The number of hydrogen-bond donors (Lipinski definition) is 1. The highest BCUT2D eigenvalue weighted by Gasteiger charge is 2.39. The molecule has 0 amide bonds. The van der Waals surface area contributed by atoms with Gasteiger partial charge in [0, 0.05) is 11.5 Å². The van der Waals surface area contributed by atoms with Crippen LogP contribution in [0.15, 0.2) is 23.3 Å². The number of halogens is 3. The number of alkyl halides is 3. The normalized spacial score (nSPS) is 12.1. The number of nitrogens with zero attached hydrogens (tertiary/aromatic N) is 4. The molecule has 0 spiro atoms. The molecule has 0 unspecified atom stereocenters. The Morgan fingerprint density at radius 2 is 2.05 bits per heavy atom. The molecule has 1 N–H and O–H groups in total. The van der Waals surface area contributed by atoms with Crippen LogP contribution in [-0.4, -0.2) is 24.5 Å². The van der Waals surface area contributed by atoms with Crippen LogP contribution in [0.25, 0.3) is 16.6 Å². The minimum absolute atomic E-state index is 0.0926. The van der Waals surface area contributed by atoms with Crippen molar-refractivity contribution in [1.29, 1.82) is 0 Å². The molecule has 11 heteroatoms. The average molecular weight is 299 g/mol. The van der Waals surface area contributed by atoms with Gasteiger partial charge in [0.05, 0.1) is 10.4 Å². The standard InChI is InChI=1S/C10H4F3N5O3/c11-10(12,13)5-1-4-6(2-7(5)18(20)21)16-9(19)17-8(4)14-3-15-17/h1-3H,(H,16,19). The van der Waals surface area contributed by atoms with Gasteiger partial charge in [-0.1, -0.05) is 0 Å². The van der Waals surface area contributed by atoms with Gasteiger partial charge in [0.2, 0.25) is 0 Å². The first-order valence-electron chi connectivity index (χ1n) is 5.40. The van der Waals surface area contributed by atoms with Gasteiger partial charge in [0.1, 0.15) is 11.9 Å². The first-order valence-corrected chi connectivity index (χ1v) is 5.40. The molecule has 2 aromatic heterocycles. The molecule has 108 valence electrons. The summed E-state index contributed by atoms with van der Waals surface area (Å²) in [6, 6.07) is 1.24. The van der Waals surface area contributed by atoms with Crippen LogP contribution in [0.4, 0.5) is 18.9 Å². The number of benzene rings is 1. The maximum Gasteiger partial charge on any atom is 0.423 e. The summed E-state index contributed by atoms with van der Waals surface area (Å²) >= 11 is 0. The first kappa shape index (κ1) is 13.0. The summed E-state index contributed by atoms with van der Waals surface area (Å²) in [6.45, 7) is 0. The van der Waals surface area contributed by atoms with E-state index < -0.39 is 28.0 Å². The minimum Gasteiger partial charge on any atom is -0.305 e. The van der Waals surface area contributed by atoms with E-state index in [4.69, 9.17) is 0 Å². The molecular weight excluding hydrogens is 295 g/mol. The van der Waals surface area contributed by atoms with E-state index in [-0.39, 0.29) is 16.6 Å². The molecular formula is C10H4F3N5O3.